The first-order valence-electron chi connectivity index (χ1n) is 7.80. The molecule has 2 saturated heterocycles. The lowest BCUT2D eigenvalue weighted by Gasteiger charge is -2.45. The molecule has 2 aliphatic heterocycles. The van der Waals surface area contributed by atoms with Gasteiger partial charge in [-0.2, -0.15) is 0 Å². The molecule has 3 aliphatic rings. The Morgan fingerprint density at radius 3 is 2.52 bits per heavy atom. The first-order valence-corrected chi connectivity index (χ1v) is 7.80. The molecule has 1 spiro atoms. The second-order valence-electron chi connectivity index (χ2n) is 6.55. The highest BCUT2D eigenvalue weighted by atomic mass is 16.5. The van der Waals surface area contributed by atoms with E-state index in [1.807, 2.05) is 4.90 Å². The van der Waals surface area contributed by atoms with E-state index in [0.29, 0.717) is 26.1 Å². The Kier molecular flexibility index (Phi) is 3.92. The van der Waals surface area contributed by atoms with E-state index in [-0.39, 0.29) is 29.6 Å². The molecule has 6 heteroatoms. The molecular formula is C15H24N2O4. The van der Waals surface area contributed by atoms with Crippen LogP contribution >= 0.6 is 0 Å². The van der Waals surface area contributed by atoms with Crippen LogP contribution in [0.2, 0.25) is 0 Å². The summed E-state index contributed by atoms with van der Waals surface area (Å²) >= 11 is 0. The number of methoxy groups -OCH3 is 1. The summed E-state index contributed by atoms with van der Waals surface area (Å²) in [7, 11) is 1.70. The van der Waals surface area contributed by atoms with Crippen molar-refractivity contribution in [3.8, 4) is 0 Å². The number of hydrogen-bond acceptors (Lipinski definition) is 4. The van der Waals surface area contributed by atoms with Gasteiger partial charge in [-0.15, -0.1) is 0 Å². The van der Waals surface area contributed by atoms with Crippen LogP contribution in [0.3, 0.4) is 0 Å². The zero-order chi connectivity index (χ0) is 14.9. The Bertz CT molecular complexity index is 408. The van der Waals surface area contributed by atoms with E-state index in [1.54, 1.807) is 7.11 Å². The minimum absolute atomic E-state index is 0.0499. The maximum absolute atomic E-state index is 12.4. The van der Waals surface area contributed by atoms with Crippen LogP contribution < -0.4 is 5.32 Å². The van der Waals surface area contributed by atoms with Gasteiger partial charge in [-0.25, -0.2) is 0 Å². The summed E-state index contributed by atoms with van der Waals surface area (Å²) in [6.45, 7) is 2.11. The van der Waals surface area contributed by atoms with Crippen molar-refractivity contribution in [3.63, 3.8) is 0 Å². The number of hydrogen-bond donors (Lipinski definition) is 1. The van der Waals surface area contributed by atoms with Crippen molar-refractivity contribution in [1.29, 1.82) is 0 Å². The predicted octanol–water partition coefficient (Wildman–Crippen LogP) is 0.453. The van der Waals surface area contributed by atoms with E-state index >= 15 is 0 Å². The van der Waals surface area contributed by atoms with Gasteiger partial charge in [0.15, 0.2) is 0 Å². The molecule has 1 aliphatic carbocycles. The molecule has 2 amide bonds. The summed E-state index contributed by atoms with van der Waals surface area (Å²) in [4.78, 5) is 25.5. The van der Waals surface area contributed by atoms with Gasteiger partial charge in [0.05, 0.1) is 17.6 Å². The highest BCUT2D eigenvalue weighted by molar-refractivity contribution is 5.78. The third-order valence-corrected chi connectivity index (χ3v) is 5.32. The van der Waals surface area contributed by atoms with Crippen LogP contribution in [-0.2, 0) is 19.1 Å². The zero-order valence-electron chi connectivity index (χ0n) is 12.7. The number of ether oxygens (including phenoxy) is 2. The maximum Gasteiger partial charge on any atom is 0.246 e. The highest BCUT2D eigenvalue weighted by Crippen LogP contribution is 2.39. The van der Waals surface area contributed by atoms with E-state index < -0.39 is 0 Å². The van der Waals surface area contributed by atoms with Gasteiger partial charge in [-0.05, 0) is 32.1 Å². The maximum atomic E-state index is 12.4. The van der Waals surface area contributed by atoms with Crippen molar-refractivity contribution in [3.05, 3.63) is 0 Å². The second kappa shape index (κ2) is 5.57. The fourth-order valence-electron chi connectivity index (χ4n) is 3.48. The monoisotopic (exact) mass is 296 g/mol. The molecule has 0 radical (unpaired) electrons. The third-order valence-electron chi connectivity index (χ3n) is 5.32. The number of carbonyl (C=O) groups excluding carboxylic acids is 2. The van der Waals surface area contributed by atoms with Gasteiger partial charge in [-0.3, -0.25) is 9.59 Å². The fraction of sp³-hybridized carbons (Fsp3) is 0.867. The van der Waals surface area contributed by atoms with Crippen molar-refractivity contribution >= 4 is 11.8 Å². The summed E-state index contributed by atoms with van der Waals surface area (Å²) in [5.74, 6) is 0.136. The lowest BCUT2D eigenvalue weighted by Crippen LogP contribution is -2.58. The first kappa shape index (κ1) is 14.8. The van der Waals surface area contributed by atoms with E-state index in [2.05, 4.69) is 5.32 Å². The van der Waals surface area contributed by atoms with Crippen LogP contribution in [-0.4, -0.2) is 61.3 Å². The van der Waals surface area contributed by atoms with Gasteiger partial charge in [0.1, 0.15) is 6.61 Å². The second-order valence-corrected chi connectivity index (χ2v) is 6.55. The van der Waals surface area contributed by atoms with Crippen molar-refractivity contribution in [2.24, 2.45) is 0 Å². The van der Waals surface area contributed by atoms with Crippen molar-refractivity contribution in [2.45, 2.75) is 49.7 Å². The summed E-state index contributed by atoms with van der Waals surface area (Å²) in [6, 6.07) is 0. The molecule has 3 fully saturated rings. The van der Waals surface area contributed by atoms with Crippen molar-refractivity contribution in [1.82, 2.24) is 10.2 Å². The number of nitrogens with zero attached hydrogens (tertiary/aromatic N) is 1. The standard InChI is InChI=1S/C15H24N2O4/c1-20-14(3-2-4-14)9-13(19)17-7-5-15(6-8-17)11-16-12(18)10-21-15/h2-11H2,1H3,(H,16,18). The van der Waals surface area contributed by atoms with Crippen molar-refractivity contribution in [2.75, 3.05) is 33.4 Å². The van der Waals surface area contributed by atoms with E-state index in [1.165, 1.54) is 0 Å². The number of nitrogens with one attached hydrogen (secondary N) is 1. The van der Waals surface area contributed by atoms with Crippen LogP contribution in [0.25, 0.3) is 0 Å². The molecular weight excluding hydrogens is 272 g/mol. The number of likely N-dealkylation sites (tertiary alicyclic amines) is 1. The minimum Gasteiger partial charge on any atom is -0.378 e. The Morgan fingerprint density at radius 2 is 2.05 bits per heavy atom. The molecule has 21 heavy (non-hydrogen) atoms. The SMILES string of the molecule is COC1(CC(=O)N2CCC3(CC2)CNC(=O)CO3)CCC1. The molecule has 2 heterocycles. The number of amides is 2. The van der Waals surface area contributed by atoms with Gasteiger partial charge < -0.3 is 19.7 Å². The first-order chi connectivity index (χ1) is 10.1. The Labute approximate surface area is 125 Å². The molecule has 0 aromatic heterocycles. The van der Waals surface area contributed by atoms with Gasteiger partial charge in [0.2, 0.25) is 11.8 Å². The number of rotatable bonds is 3. The Hall–Kier alpha value is -1.14. The Morgan fingerprint density at radius 1 is 1.33 bits per heavy atom. The number of carbonyl (C=O) groups is 2. The zero-order valence-corrected chi connectivity index (χ0v) is 12.7. The molecule has 1 N–H and O–H groups in total. The average Bonchev–Trinajstić information content (AvgIpc) is 2.47. The summed E-state index contributed by atoms with van der Waals surface area (Å²) < 4.78 is 11.3. The van der Waals surface area contributed by atoms with E-state index in [0.717, 1.165) is 32.1 Å². The lowest BCUT2D eigenvalue weighted by atomic mass is 9.77. The molecule has 1 saturated carbocycles. The van der Waals surface area contributed by atoms with Gasteiger partial charge in [-0.1, -0.05) is 0 Å². The summed E-state index contributed by atoms with van der Waals surface area (Å²) in [6.07, 6.45) is 5.20. The molecule has 3 rings (SSSR count). The van der Waals surface area contributed by atoms with Crippen molar-refractivity contribution < 1.29 is 19.1 Å². The van der Waals surface area contributed by atoms with Crippen LogP contribution in [0, 0.1) is 0 Å². The van der Waals surface area contributed by atoms with Crippen LogP contribution in [0.1, 0.15) is 38.5 Å². The molecule has 118 valence electrons. The van der Waals surface area contributed by atoms with E-state index in [9.17, 15) is 9.59 Å². The van der Waals surface area contributed by atoms with Gasteiger partial charge in [0, 0.05) is 26.7 Å². The largest absolute Gasteiger partial charge is 0.378 e. The smallest absolute Gasteiger partial charge is 0.246 e. The minimum atomic E-state index is -0.264. The number of morpholine rings is 1. The Balaban J connectivity index is 1.51. The number of piperidine rings is 1. The summed E-state index contributed by atoms with van der Waals surface area (Å²) in [5, 5.41) is 2.86. The lowest BCUT2D eigenvalue weighted by molar-refractivity contribution is -0.158. The quantitative estimate of drug-likeness (QED) is 0.821. The van der Waals surface area contributed by atoms with Crippen LogP contribution in [0.15, 0.2) is 0 Å². The van der Waals surface area contributed by atoms with Crippen LogP contribution in [0.5, 0.6) is 0 Å². The predicted molar refractivity (Wildman–Crippen MR) is 75.7 cm³/mol. The van der Waals surface area contributed by atoms with E-state index in [4.69, 9.17) is 9.47 Å². The molecule has 0 atom stereocenters. The van der Waals surface area contributed by atoms with Gasteiger partial charge >= 0.3 is 0 Å². The fourth-order valence-corrected chi connectivity index (χ4v) is 3.48. The summed E-state index contributed by atoms with van der Waals surface area (Å²) in [5.41, 5.74) is -0.471. The molecule has 0 aromatic carbocycles. The third kappa shape index (κ3) is 2.92. The normalized spacial score (nSPS) is 27.1. The van der Waals surface area contributed by atoms with Crippen LogP contribution in [0.4, 0.5) is 0 Å². The average molecular weight is 296 g/mol. The highest BCUT2D eigenvalue weighted by Gasteiger charge is 2.43. The van der Waals surface area contributed by atoms with Gasteiger partial charge in [0.25, 0.3) is 0 Å². The molecule has 6 nitrogen and oxygen atoms in total. The molecule has 0 aromatic rings. The molecule has 0 bridgehead atoms. The molecule has 0 unspecified atom stereocenters. The topological polar surface area (TPSA) is 67.9 Å².